The third-order valence-electron chi connectivity index (χ3n) is 3.15. The Hall–Kier alpha value is -1.75. The molecule has 21 heavy (non-hydrogen) atoms. The van der Waals surface area contributed by atoms with Crippen molar-refractivity contribution in [3.05, 3.63) is 42.1 Å². The molecule has 0 bridgehead atoms. The number of nitrogens with one attached hydrogen (secondary N) is 1. The molecule has 1 aromatic heterocycles. The Balaban J connectivity index is 2.05. The Morgan fingerprint density at radius 3 is 2.71 bits per heavy atom. The lowest BCUT2D eigenvalue weighted by Crippen LogP contribution is -2.32. The Bertz CT molecular complexity index is 672. The van der Waals surface area contributed by atoms with Crippen LogP contribution in [0.15, 0.2) is 36.5 Å². The summed E-state index contributed by atoms with van der Waals surface area (Å²) in [5.74, 6) is 0.303. The van der Waals surface area contributed by atoms with Gasteiger partial charge in [0, 0.05) is 45.0 Å². The number of fused-ring (bicyclic) bond motifs is 1. The van der Waals surface area contributed by atoms with Crippen LogP contribution >= 0.6 is 0 Å². The topological polar surface area (TPSA) is 59.1 Å². The van der Waals surface area contributed by atoms with Gasteiger partial charge >= 0.3 is 0 Å². The first-order chi connectivity index (χ1) is 9.89. The third-order valence-corrected chi connectivity index (χ3v) is 5.09. The van der Waals surface area contributed by atoms with E-state index in [1.807, 2.05) is 45.0 Å². The summed E-state index contributed by atoms with van der Waals surface area (Å²) in [4.78, 5) is 16.5. The number of carbonyl (C=O) groups excluding carboxylic acids is 1. The molecule has 5 heteroatoms. The smallest absolute Gasteiger partial charge is 0.251 e. The molecule has 4 nitrogen and oxygen atoms in total. The number of aromatic nitrogens is 1. The first kappa shape index (κ1) is 15.6. The van der Waals surface area contributed by atoms with E-state index >= 15 is 0 Å². The molecule has 2 aromatic rings. The van der Waals surface area contributed by atoms with Crippen LogP contribution in [0.2, 0.25) is 0 Å². The average molecular weight is 304 g/mol. The zero-order valence-corrected chi connectivity index (χ0v) is 13.4. The van der Waals surface area contributed by atoms with Gasteiger partial charge in [-0.1, -0.05) is 12.1 Å². The molecule has 1 amide bonds. The fraction of sp³-hybridized carbons (Fsp3) is 0.375. The van der Waals surface area contributed by atoms with Crippen LogP contribution in [0.25, 0.3) is 10.9 Å². The molecule has 0 saturated heterocycles. The number of nitrogens with zero attached hydrogens (tertiary/aromatic N) is 1. The van der Waals surface area contributed by atoms with Crippen molar-refractivity contribution in [2.75, 3.05) is 12.3 Å². The van der Waals surface area contributed by atoms with E-state index in [1.54, 1.807) is 12.3 Å². The van der Waals surface area contributed by atoms with Crippen LogP contribution in [0.1, 0.15) is 31.1 Å². The predicted octanol–water partition coefficient (Wildman–Crippen LogP) is 2.51. The molecule has 0 radical (unpaired) electrons. The molecule has 1 atom stereocenters. The maximum absolute atomic E-state index is 12.3. The number of hydrogen-bond donors (Lipinski definition) is 1. The van der Waals surface area contributed by atoms with E-state index in [0.29, 0.717) is 17.9 Å². The van der Waals surface area contributed by atoms with Crippen LogP contribution in [0.5, 0.6) is 0 Å². The SMILES string of the molecule is CC(C)(C)[S@@](=O)CCNC(=O)c1cccc2ncccc12. The summed E-state index contributed by atoms with van der Waals surface area (Å²) in [6.07, 6.45) is 1.70. The molecule has 0 unspecified atom stereocenters. The summed E-state index contributed by atoms with van der Waals surface area (Å²) in [5, 5.41) is 3.66. The van der Waals surface area contributed by atoms with Gasteiger partial charge in [0.15, 0.2) is 0 Å². The van der Waals surface area contributed by atoms with Crippen LogP contribution < -0.4 is 5.32 Å². The summed E-state index contributed by atoms with van der Waals surface area (Å²) < 4.78 is 11.7. The van der Waals surface area contributed by atoms with E-state index in [2.05, 4.69) is 10.3 Å². The maximum Gasteiger partial charge on any atom is 0.251 e. The first-order valence-electron chi connectivity index (χ1n) is 6.90. The second kappa shape index (κ2) is 6.35. The number of pyridine rings is 1. The second-order valence-electron chi connectivity index (χ2n) is 5.79. The third kappa shape index (κ3) is 3.88. The van der Waals surface area contributed by atoms with E-state index in [0.717, 1.165) is 10.9 Å². The van der Waals surface area contributed by atoms with Crippen molar-refractivity contribution in [3.8, 4) is 0 Å². The van der Waals surface area contributed by atoms with Crippen LogP contribution in [0.3, 0.4) is 0 Å². The molecule has 112 valence electrons. The van der Waals surface area contributed by atoms with Gasteiger partial charge in [0.25, 0.3) is 5.91 Å². The van der Waals surface area contributed by atoms with Gasteiger partial charge in [-0.25, -0.2) is 0 Å². The van der Waals surface area contributed by atoms with Gasteiger partial charge in [-0.05, 0) is 39.0 Å². The molecular formula is C16H20N2O2S. The average Bonchev–Trinajstić information content (AvgIpc) is 2.45. The van der Waals surface area contributed by atoms with Gasteiger partial charge in [-0.3, -0.25) is 14.0 Å². The van der Waals surface area contributed by atoms with Crippen molar-refractivity contribution in [2.24, 2.45) is 0 Å². The monoisotopic (exact) mass is 304 g/mol. The van der Waals surface area contributed by atoms with Crippen molar-refractivity contribution in [1.29, 1.82) is 0 Å². The normalized spacial score (nSPS) is 13.1. The van der Waals surface area contributed by atoms with E-state index < -0.39 is 10.8 Å². The van der Waals surface area contributed by atoms with Gasteiger partial charge in [0.05, 0.1) is 5.52 Å². The van der Waals surface area contributed by atoms with Crippen LogP contribution in [0, 0.1) is 0 Å². The van der Waals surface area contributed by atoms with Crippen molar-refractivity contribution in [3.63, 3.8) is 0 Å². The van der Waals surface area contributed by atoms with Gasteiger partial charge in [0.1, 0.15) is 0 Å². The highest BCUT2D eigenvalue weighted by atomic mass is 32.2. The molecule has 1 aromatic carbocycles. The summed E-state index contributed by atoms with van der Waals surface area (Å²) in [7, 11) is -0.964. The standard InChI is InChI=1S/C16H20N2O2S/c1-16(2,3)21(20)11-10-18-15(19)13-6-4-8-14-12(13)7-5-9-17-14/h4-9H,10-11H2,1-3H3,(H,18,19)/t21-/m0/s1. The molecule has 0 fully saturated rings. The van der Waals surface area contributed by atoms with Crippen molar-refractivity contribution >= 4 is 27.6 Å². The highest BCUT2D eigenvalue weighted by Gasteiger charge is 2.19. The summed E-state index contributed by atoms with van der Waals surface area (Å²) in [6.45, 7) is 6.20. The zero-order valence-electron chi connectivity index (χ0n) is 12.6. The van der Waals surface area contributed by atoms with Crippen LogP contribution in [0.4, 0.5) is 0 Å². The molecule has 2 rings (SSSR count). The van der Waals surface area contributed by atoms with E-state index in [1.165, 1.54) is 0 Å². The van der Waals surface area contributed by atoms with Gasteiger partial charge in [-0.15, -0.1) is 0 Å². The van der Waals surface area contributed by atoms with Gasteiger partial charge in [-0.2, -0.15) is 0 Å². The zero-order chi connectivity index (χ0) is 15.5. The highest BCUT2D eigenvalue weighted by Crippen LogP contribution is 2.16. The van der Waals surface area contributed by atoms with Gasteiger partial charge in [0.2, 0.25) is 0 Å². The minimum absolute atomic E-state index is 0.153. The fourth-order valence-corrected chi connectivity index (χ4v) is 2.86. The summed E-state index contributed by atoms with van der Waals surface area (Å²) in [6, 6.07) is 9.16. The quantitative estimate of drug-likeness (QED) is 0.944. The minimum Gasteiger partial charge on any atom is -0.351 e. The molecule has 0 spiro atoms. The number of rotatable bonds is 4. The van der Waals surface area contributed by atoms with E-state index in [4.69, 9.17) is 0 Å². The van der Waals surface area contributed by atoms with Crippen molar-refractivity contribution in [2.45, 2.75) is 25.5 Å². The van der Waals surface area contributed by atoms with Crippen LogP contribution in [-0.2, 0) is 10.8 Å². The maximum atomic E-state index is 12.3. The molecular weight excluding hydrogens is 284 g/mol. The Morgan fingerprint density at radius 2 is 2.00 bits per heavy atom. The minimum atomic E-state index is -0.964. The largest absolute Gasteiger partial charge is 0.351 e. The molecule has 0 aliphatic heterocycles. The molecule has 1 heterocycles. The number of amides is 1. The lowest BCUT2D eigenvalue weighted by Gasteiger charge is -2.17. The Kier molecular flexibility index (Phi) is 4.73. The molecule has 0 saturated carbocycles. The van der Waals surface area contributed by atoms with Crippen LogP contribution in [-0.4, -0.2) is 32.1 Å². The Labute approximate surface area is 127 Å². The molecule has 0 aliphatic carbocycles. The first-order valence-corrected chi connectivity index (χ1v) is 8.22. The van der Waals surface area contributed by atoms with E-state index in [9.17, 15) is 9.00 Å². The second-order valence-corrected chi connectivity index (χ2v) is 8.12. The van der Waals surface area contributed by atoms with Crippen molar-refractivity contribution in [1.82, 2.24) is 10.3 Å². The predicted molar refractivity (Wildman–Crippen MR) is 86.8 cm³/mol. The Morgan fingerprint density at radius 1 is 1.24 bits per heavy atom. The summed E-state index contributed by atoms with van der Waals surface area (Å²) in [5.41, 5.74) is 1.39. The number of hydrogen-bond acceptors (Lipinski definition) is 3. The lowest BCUT2D eigenvalue weighted by atomic mass is 10.1. The summed E-state index contributed by atoms with van der Waals surface area (Å²) >= 11 is 0. The number of benzene rings is 1. The number of carbonyl (C=O) groups is 1. The van der Waals surface area contributed by atoms with Crippen molar-refractivity contribution < 1.29 is 9.00 Å². The molecule has 1 N–H and O–H groups in total. The molecule has 0 aliphatic rings. The lowest BCUT2D eigenvalue weighted by molar-refractivity contribution is 0.0957. The highest BCUT2D eigenvalue weighted by molar-refractivity contribution is 7.86. The van der Waals surface area contributed by atoms with E-state index in [-0.39, 0.29) is 10.7 Å². The fourth-order valence-electron chi connectivity index (χ4n) is 1.96. The van der Waals surface area contributed by atoms with Gasteiger partial charge < -0.3 is 5.32 Å².